The van der Waals surface area contributed by atoms with E-state index in [-0.39, 0.29) is 11.8 Å². The number of amides is 1. The third-order valence-corrected chi connectivity index (χ3v) is 5.62. The van der Waals surface area contributed by atoms with Crippen LogP contribution < -0.4 is 10.1 Å². The maximum Gasteiger partial charge on any atom is 0.220 e. The zero-order chi connectivity index (χ0) is 21.6. The Morgan fingerprint density at radius 1 is 1.13 bits per heavy atom. The fraction of sp³-hybridized carbons (Fsp3) is 0.200. The highest BCUT2D eigenvalue weighted by Gasteiger charge is 2.24. The number of hydrogen-bond donors (Lipinski definition) is 2. The van der Waals surface area contributed by atoms with Crippen molar-refractivity contribution >= 4 is 28.4 Å². The van der Waals surface area contributed by atoms with Gasteiger partial charge in [0.05, 0.1) is 7.11 Å². The Labute approximate surface area is 186 Å². The summed E-state index contributed by atoms with van der Waals surface area (Å²) in [5.41, 5.74) is 3.91. The van der Waals surface area contributed by atoms with E-state index in [0.29, 0.717) is 24.4 Å². The Kier molecular flexibility index (Phi) is 6.53. The molecule has 31 heavy (non-hydrogen) atoms. The summed E-state index contributed by atoms with van der Waals surface area (Å²) in [7, 11) is 1.65. The molecule has 0 saturated heterocycles. The Balaban J connectivity index is 1.59. The molecule has 0 aliphatic rings. The highest BCUT2D eigenvalue weighted by atomic mass is 35.5. The minimum Gasteiger partial charge on any atom is -0.496 e. The standard InChI is InChI=1S/C25H24ClN3O2/c1-31-24-8-3-2-7-19(24)20(22-16-29-23-10-9-17(26)14-21(22)23)15-25(30)28-13-11-18-6-4-5-12-27-18/h2-10,12,14,16,20,29H,11,13,15H2,1H3,(H,28,30)/t20-/m1/s1. The van der Waals surface area contributed by atoms with Crippen LogP contribution in [0.5, 0.6) is 5.75 Å². The SMILES string of the molecule is COc1ccccc1[C@@H](CC(=O)NCCc1ccccn1)c1c[nH]c2ccc(Cl)cc12. The van der Waals surface area contributed by atoms with E-state index in [0.717, 1.165) is 33.5 Å². The number of carbonyl (C=O) groups excluding carboxylic acids is 1. The van der Waals surface area contributed by atoms with Gasteiger partial charge in [0.2, 0.25) is 5.91 Å². The quantitative estimate of drug-likeness (QED) is 0.406. The molecule has 2 aromatic carbocycles. The summed E-state index contributed by atoms with van der Waals surface area (Å²) in [6, 6.07) is 19.3. The second-order valence-corrected chi connectivity index (χ2v) is 7.79. The number of benzene rings is 2. The Morgan fingerprint density at radius 2 is 1.97 bits per heavy atom. The number of H-pyrrole nitrogens is 1. The highest BCUT2D eigenvalue weighted by Crippen LogP contribution is 2.38. The van der Waals surface area contributed by atoms with Crippen LogP contribution in [0.1, 0.15) is 29.2 Å². The van der Waals surface area contributed by atoms with Crippen LogP contribution in [0.25, 0.3) is 10.9 Å². The Hall–Kier alpha value is -3.31. The zero-order valence-corrected chi connectivity index (χ0v) is 18.0. The van der Waals surface area contributed by atoms with Gasteiger partial charge in [-0.15, -0.1) is 0 Å². The van der Waals surface area contributed by atoms with Crippen molar-refractivity contribution in [2.75, 3.05) is 13.7 Å². The van der Waals surface area contributed by atoms with Crippen molar-refractivity contribution in [1.82, 2.24) is 15.3 Å². The van der Waals surface area contributed by atoms with E-state index >= 15 is 0 Å². The average molecular weight is 434 g/mol. The number of pyridine rings is 1. The molecule has 4 aromatic rings. The van der Waals surface area contributed by atoms with Crippen LogP contribution in [0, 0.1) is 0 Å². The lowest BCUT2D eigenvalue weighted by atomic mass is 9.87. The lowest BCUT2D eigenvalue weighted by Crippen LogP contribution is -2.27. The molecule has 1 atom stereocenters. The molecule has 0 unspecified atom stereocenters. The molecule has 2 aromatic heterocycles. The maximum absolute atomic E-state index is 12.9. The molecule has 6 heteroatoms. The first-order valence-corrected chi connectivity index (χ1v) is 10.6. The fourth-order valence-corrected chi connectivity index (χ4v) is 4.05. The number of nitrogens with zero attached hydrogens (tertiary/aromatic N) is 1. The molecule has 0 spiro atoms. The molecule has 0 aliphatic carbocycles. The number of carbonyl (C=O) groups is 1. The number of aromatic nitrogens is 2. The first kappa shape index (κ1) is 20.9. The van der Waals surface area contributed by atoms with Gasteiger partial charge in [0.15, 0.2) is 0 Å². The molecule has 0 radical (unpaired) electrons. The van der Waals surface area contributed by atoms with E-state index in [9.17, 15) is 4.79 Å². The molecule has 0 bridgehead atoms. The van der Waals surface area contributed by atoms with E-state index in [2.05, 4.69) is 15.3 Å². The van der Waals surface area contributed by atoms with Crippen LogP contribution in [0.2, 0.25) is 5.02 Å². The van der Waals surface area contributed by atoms with Crippen molar-refractivity contribution in [3.63, 3.8) is 0 Å². The lowest BCUT2D eigenvalue weighted by molar-refractivity contribution is -0.121. The third-order valence-electron chi connectivity index (χ3n) is 5.38. The molecule has 5 nitrogen and oxygen atoms in total. The topological polar surface area (TPSA) is 67.0 Å². The Morgan fingerprint density at radius 3 is 2.77 bits per heavy atom. The minimum atomic E-state index is -0.182. The normalized spacial score (nSPS) is 11.9. The van der Waals surface area contributed by atoms with Gasteiger partial charge in [0, 0.05) is 64.9 Å². The van der Waals surface area contributed by atoms with Gasteiger partial charge in [0.25, 0.3) is 0 Å². The summed E-state index contributed by atoms with van der Waals surface area (Å²) in [4.78, 5) is 20.5. The molecule has 2 heterocycles. The zero-order valence-electron chi connectivity index (χ0n) is 17.3. The van der Waals surface area contributed by atoms with Crippen LogP contribution in [0.15, 0.2) is 73.1 Å². The molecule has 2 N–H and O–H groups in total. The van der Waals surface area contributed by atoms with Crippen LogP contribution in [-0.2, 0) is 11.2 Å². The van der Waals surface area contributed by atoms with E-state index in [1.807, 2.05) is 66.9 Å². The third kappa shape index (κ3) is 4.89. The second kappa shape index (κ2) is 9.67. The molecule has 1 amide bonds. The number of fused-ring (bicyclic) bond motifs is 1. The van der Waals surface area contributed by atoms with Gasteiger partial charge in [-0.2, -0.15) is 0 Å². The molecular formula is C25H24ClN3O2. The highest BCUT2D eigenvalue weighted by molar-refractivity contribution is 6.31. The number of para-hydroxylation sites is 1. The van der Waals surface area contributed by atoms with Gasteiger partial charge in [0.1, 0.15) is 5.75 Å². The van der Waals surface area contributed by atoms with Crippen LogP contribution in [-0.4, -0.2) is 29.5 Å². The van der Waals surface area contributed by atoms with Gasteiger partial charge < -0.3 is 15.0 Å². The number of methoxy groups -OCH3 is 1. The molecule has 0 saturated carbocycles. The van der Waals surface area contributed by atoms with Gasteiger partial charge in [-0.1, -0.05) is 35.9 Å². The van der Waals surface area contributed by atoms with Gasteiger partial charge in [-0.25, -0.2) is 0 Å². The predicted octanol–water partition coefficient (Wildman–Crippen LogP) is 5.11. The smallest absolute Gasteiger partial charge is 0.220 e. The van der Waals surface area contributed by atoms with E-state index in [1.165, 1.54) is 0 Å². The number of ether oxygens (including phenoxy) is 1. The van der Waals surface area contributed by atoms with Crippen molar-refractivity contribution in [2.45, 2.75) is 18.8 Å². The second-order valence-electron chi connectivity index (χ2n) is 7.35. The van der Waals surface area contributed by atoms with Gasteiger partial charge >= 0.3 is 0 Å². The van der Waals surface area contributed by atoms with E-state index < -0.39 is 0 Å². The van der Waals surface area contributed by atoms with Crippen molar-refractivity contribution in [3.05, 3.63) is 94.9 Å². The fourth-order valence-electron chi connectivity index (χ4n) is 3.88. The van der Waals surface area contributed by atoms with Crippen molar-refractivity contribution in [2.24, 2.45) is 0 Å². The number of aromatic amines is 1. The molecule has 158 valence electrons. The molecular weight excluding hydrogens is 410 g/mol. The minimum absolute atomic E-state index is 0.0248. The average Bonchev–Trinajstić information content (AvgIpc) is 3.21. The van der Waals surface area contributed by atoms with Gasteiger partial charge in [-0.05, 0) is 42.0 Å². The van der Waals surface area contributed by atoms with Crippen molar-refractivity contribution in [1.29, 1.82) is 0 Å². The number of rotatable bonds is 8. The lowest BCUT2D eigenvalue weighted by Gasteiger charge is -2.20. The van der Waals surface area contributed by atoms with Gasteiger partial charge in [-0.3, -0.25) is 9.78 Å². The number of halogens is 1. The summed E-state index contributed by atoms with van der Waals surface area (Å²) in [6.45, 7) is 0.536. The molecule has 4 rings (SSSR count). The number of hydrogen-bond acceptors (Lipinski definition) is 3. The maximum atomic E-state index is 12.9. The van der Waals surface area contributed by atoms with Crippen LogP contribution in [0.3, 0.4) is 0 Å². The summed E-state index contributed by atoms with van der Waals surface area (Å²) in [6.07, 6.45) is 4.70. The monoisotopic (exact) mass is 433 g/mol. The Bertz CT molecular complexity index is 1170. The van der Waals surface area contributed by atoms with Crippen LogP contribution in [0.4, 0.5) is 0 Å². The first-order valence-electron chi connectivity index (χ1n) is 10.2. The predicted molar refractivity (Wildman–Crippen MR) is 124 cm³/mol. The summed E-state index contributed by atoms with van der Waals surface area (Å²) in [5.74, 6) is 0.548. The van der Waals surface area contributed by atoms with Crippen LogP contribution >= 0.6 is 11.6 Å². The summed E-state index contributed by atoms with van der Waals surface area (Å²) >= 11 is 6.27. The van der Waals surface area contributed by atoms with E-state index in [4.69, 9.17) is 16.3 Å². The summed E-state index contributed by atoms with van der Waals surface area (Å²) < 4.78 is 5.60. The van der Waals surface area contributed by atoms with E-state index in [1.54, 1.807) is 13.3 Å². The largest absolute Gasteiger partial charge is 0.496 e. The number of nitrogens with one attached hydrogen (secondary N) is 2. The summed E-state index contributed by atoms with van der Waals surface area (Å²) in [5, 5.41) is 4.70. The molecule has 0 aliphatic heterocycles. The van der Waals surface area contributed by atoms with Crippen molar-refractivity contribution < 1.29 is 9.53 Å². The first-order chi connectivity index (χ1) is 15.2. The molecule has 0 fully saturated rings. The van der Waals surface area contributed by atoms with Crippen molar-refractivity contribution in [3.8, 4) is 5.75 Å².